The van der Waals surface area contributed by atoms with Gasteiger partial charge in [-0.1, -0.05) is 0 Å². The first-order valence-corrected chi connectivity index (χ1v) is 7.12. The molecule has 1 aromatic rings. The molecule has 0 saturated heterocycles. The minimum atomic E-state index is -4.71. The Balaban J connectivity index is 2.70. The number of amides is 1. The van der Waals surface area contributed by atoms with Crippen molar-refractivity contribution < 1.29 is 32.2 Å². The maximum absolute atomic E-state index is 12.9. The molecule has 0 fully saturated rings. The number of nitrogens with one attached hydrogen (secondary N) is 1. The highest BCUT2D eigenvalue weighted by molar-refractivity contribution is 7.12. The van der Waals surface area contributed by atoms with Gasteiger partial charge in [-0.3, -0.25) is 4.79 Å². The Kier molecular flexibility index (Phi) is 5.81. The largest absolute Gasteiger partial charge is 0.489 e. The van der Waals surface area contributed by atoms with E-state index < -0.39 is 30.5 Å². The van der Waals surface area contributed by atoms with Gasteiger partial charge in [0.15, 0.2) is 12.3 Å². The van der Waals surface area contributed by atoms with Crippen LogP contribution < -0.4 is 10.1 Å². The second kappa shape index (κ2) is 6.99. The van der Waals surface area contributed by atoms with Gasteiger partial charge in [0.1, 0.15) is 22.8 Å². The summed E-state index contributed by atoms with van der Waals surface area (Å²) in [4.78, 5) is 22.3. The van der Waals surface area contributed by atoms with E-state index >= 15 is 0 Å². The van der Waals surface area contributed by atoms with Crippen molar-refractivity contribution in [3.63, 3.8) is 0 Å². The zero-order chi connectivity index (χ0) is 17.0. The van der Waals surface area contributed by atoms with E-state index in [4.69, 9.17) is 9.47 Å². The van der Waals surface area contributed by atoms with Crippen molar-refractivity contribution in [2.45, 2.75) is 38.6 Å². The lowest BCUT2D eigenvalue weighted by Crippen LogP contribution is -2.50. The molecule has 1 aromatic heterocycles. The molecule has 9 heteroatoms. The topological polar surface area (TPSA) is 64.6 Å². The number of hydrogen-bond donors (Lipinski definition) is 1. The van der Waals surface area contributed by atoms with Crippen LogP contribution >= 0.6 is 11.3 Å². The summed E-state index contributed by atoms with van der Waals surface area (Å²) in [5.41, 5.74) is -0.918. The van der Waals surface area contributed by atoms with E-state index in [2.05, 4.69) is 0 Å². The van der Waals surface area contributed by atoms with Crippen molar-refractivity contribution >= 4 is 23.7 Å². The average Bonchev–Trinajstić information content (AvgIpc) is 2.78. The number of rotatable bonds is 5. The minimum Gasteiger partial charge on any atom is -0.489 e. The Labute approximate surface area is 129 Å². The number of thiophene rings is 1. The van der Waals surface area contributed by atoms with Crippen molar-refractivity contribution in [3.05, 3.63) is 16.3 Å². The normalized spacial score (nSPS) is 13.4. The van der Waals surface area contributed by atoms with Gasteiger partial charge in [0, 0.05) is 0 Å². The summed E-state index contributed by atoms with van der Waals surface area (Å²) in [6.07, 6.45) is -5.42. The van der Waals surface area contributed by atoms with Crippen LogP contribution in [0.5, 0.6) is 5.75 Å². The van der Waals surface area contributed by atoms with Gasteiger partial charge in [-0.15, -0.1) is 11.3 Å². The fourth-order valence-electron chi connectivity index (χ4n) is 1.36. The molecule has 1 unspecified atom stereocenters. The summed E-state index contributed by atoms with van der Waals surface area (Å²) in [6.45, 7) is 3.74. The van der Waals surface area contributed by atoms with Gasteiger partial charge in [-0.25, -0.2) is 4.79 Å². The van der Waals surface area contributed by atoms with Crippen LogP contribution in [0, 0.1) is 0 Å². The van der Waals surface area contributed by atoms with E-state index in [0.29, 0.717) is 6.29 Å². The molecule has 1 heterocycles. The third-order valence-electron chi connectivity index (χ3n) is 2.26. The van der Waals surface area contributed by atoms with E-state index in [1.54, 1.807) is 5.32 Å². The van der Waals surface area contributed by atoms with E-state index in [-0.39, 0.29) is 10.6 Å². The van der Waals surface area contributed by atoms with Gasteiger partial charge < -0.3 is 14.8 Å². The number of alkyl carbamates (subject to hydrolysis) is 1. The van der Waals surface area contributed by atoms with Crippen LogP contribution in [-0.2, 0) is 4.74 Å². The second-order valence-electron chi connectivity index (χ2n) is 5.32. The molecular weight excluding hydrogens is 323 g/mol. The molecular formula is C13H16F3NO4S. The number of carbonyl (C=O) groups excluding carboxylic acids is 2. The quantitative estimate of drug-likeness (QED) is 0.835. The fourth-order valence-corrected chi connectivity index (χ4v) is 1.99. The van der Waals surface area contributed by atoms with E-state index in [0.717, 1.165) is 11.3 Å². The molecule has 0 saturated carbocycles. The number of alkyl halides is 3. The van der Waals surface area contributed by atoms with Crippen LogP contribution in [0.2, 0.25) is 0 Å². The second-order valence-corrected chi connectivity index (χ2v) is 6.27. The molecule has 22 heavy (non-hydrogen) atoms. The third kappa shape index (κ3) is 5.92. The number of hydrogen-bond acceptors (Lipinski definition) is 5. The molecule has 124 valence electrons. The van der Waals surface area contributed by atoms with Crippen LogP contribution in [0.3, 0.4) is 0 Å². The first-order valence-electron chi connectivity index (χ1n) is 6.24. The summed E-state index contributed by atoms with van der Waals surface area (Å²) in [6, 6.07) is -0.864. The molecule has 0 aliphatic heterocycles. The molecule has 1 amide bonds. The van der Waals surface area contributed by atoms with Crippen LogP contribution in [-0.4, -0.2) is 36.8 Å². The van der Waals surface area contributed by atoms with Crippen molar-refractivity contribution in [3.8, 4) is 5.75 Å². The van der Waals surface area contributed by atoms with Crippen molar-refractivity contribution in [2.75, 3.05) is 6.61 Å². The smallest absolute Gasteiger partial charge is 0.412 e. The van der Waals surface area contributed by atoms with Gasteiger partial charge in [0.05, 0.1) is 0 Å². The Bertz CT molecular complexity index is 522. The molecule has 0 spiro atoms. The molecule has 1 rings (SSSR count). The summed E-state index contributed by atoms with van der Waals surface area (Å²) in [7, 11) is 0. The standard InChI is InChI=1S/C13H16F3NO4S/c1-12(2,3)21-11(19)17-10(13(14,15)16)7-20-8-4-5-22-9(8)6-18/h4-6,10H,7H2,1-3H3,(H,17,19). The zero-order valence-electron chi connectivity index (χ0n) is 12.2. The van der Waals surface area contributed by atoms with E-state index in [1.165, 1.54) is 32.2 Å². The number of ether oxygens (including phenoxy) is 2. The number of carbonyl (C=O) groups is 2. The van der Waals surface area contributed by atoms with Gasteiger partial charge >= 0.3 is 12.3 Å². The lowest BCUT2D eigenvalue weighted by Gasteiger charge is -2.25. The van der Waals surface area contributed by atoms with Crippen LogP contribution in [0.15, 0.2) is 11.4 Å². The first kappa shape index (κ1) is 18.3. The molecule has 0 aliphatic carbocycles. The fraction of sp³-hybridized carbons (Fsp3) is 0.538. The SMILES string of the molecule is CC(C)(C)OC(=O)NC(COc1ccsc1C=O)C(F)(F)F. The number of aldehydes is 1. The van der Waals surface area contributed by atoms with Gasteiger partial charge in [-0.05, 0) is 32.2 Å². The molecule has 0 aromatic carbocycles. The van der Waals surface area contributed by atoms with E-state index in [9.17, 15) is 22.8 Å². The molecule has 1 N–H and O–H groups in total. The van der Waals surface area contributed by atoms with Crippen molar-refractivity contribution in [2.24, 2.45) is 0 Å². The monoisotopic (exact) mass is 339 g/mol. The lowest BCUT2D eigenvalue weighted by molar-refractivity contribution is -0.161. The molecule has 1 atom stereocenters. The average molecular weight is 339 g/mol. The van der Waals surface area contributed by atoms with Gasteiger partial charge in [0.2, 0.25) is 0 Å². The van der Waals surface area contributed by atoms with Gasteiger partial charge in [0.25, 0.3) is 0 Å². The van der Waals surface area contributed by atoms with Crippen LogP contribution in [0.25, 0.3) is 0 Å². The van der Waals surface area contributed by atoms with Crippen LogP contribution in [0.4, 0.5) is 18.0 Å². The predicted molar refractivity (Wildman–Crippen MR) is 74.4 cm³/mol. The lowest BCUT2D eigenvalue weighted by atomic mass is 10.2. The summed E-state index contributed by atoms with van der Waals surface area (Å²) in [5.74, 6) is 0.0419. The summed E-state index contributed by atoms with van der Waals surface area (Å²) < 4.78 is 48.5. The molecule has 0 bridgehead atoms. The molecule has 5 nitrogen and oxygen atoms in total. The highest BCUT2D eigenvalue weighted by Gasteiger charge is 2.42. The van der Waals surface area contributed by atoms with Crippen LogP contribution in [0.1, 0.15) is 30.4 Å². The first-order chi connectivity index (χ1) is 10.0. The molecule has 0 aliphatic rings. The van der Waals surface area contributed by atoms with Crippen molar-refractivity contribution in [1.29, 1.82) is 0 Å². The third-order valence-corrected chi connectivity index (χ3v) is 3.08. The zero-order valence-corrected chi connectivity index (χ0v) is 13.0. The maximum atomic E-state index is 12.9. The Hall–Kier alpha value is -1.77. The number of halogens is 3. The minimum absolute atomic E-state index is 0.0419. The summed E-state index contributed by atoms with van der Waals surface area (Å²) in [5, 5.41) is 3.23. The highest BCUT2D eigenvalue weighted by atomic mass is 32.1. The highest BCUT2D eigenvalue weighted by Crippen LogP contribution is 2.25. The predicted octanol–water partition coefficient (Wildman–Crippen LogP) is 3.40. The summed E-state index contributed by atoms with van der Waals surface area (Å²) >= 11 is 1.04. The van der Waals surface area contributed by atoms with E-state index in [1.807, 2.05) is 0 Å². The Morgan fingerprint density at radius 2 is 2.05 bits per heavy atom. The van der Waals surface area contributed by atoms with Crippen molar-refractivity contribution in [1.82, 2.24) is 5.32 Å². The Morgan fingerprint density at radius 3 is 2.55 bits per heavy atom. The maximum Gasteiger partial charge on any atom is 0.412 e. The van der Waals surface area contributed by atoms with Gasteiger partial charge in [-0.2, -0.15) is 13.2 Å². The molecule has 0 radical (unpaired) electrons. The Morgan fingerprint density at radius 1 is 1.41 bits per heavy atom.